The average molecular weight is 269 g/mol. The number of nitrogens with zero attached hydrogens (tertiary/aromatic N) is 2. The van der Waals surface area contributed by atoms with Crippen LogP contribution >= 0.6 is 0 Å². The van der Waals surface area contributed by atoms with Gasteiger partial charge in [0.05, 0.1) is 18.1 Å². The second-order valence-electron chi connectivity index (χ2n) is 3.16. The molecule has 0 aliphatic rings. The standard InChI is InChI=1S/C9H7N3O5S/c13-9(14)7-1-2-8(17-7)18(15,16)12-6-3-10-5-11-4-6/h1-5,12H,(H,13,14). The van der Waals surface area contributed by atoms with Crippen molar-refractivity contribution in [2.45, 2.75) is 5.09 Å². The van der Waals surface area contributed by atoms with Crippen molar-refractivity contribution in [3.8, 4) is 0 Å². The Morgan fingerprint density at radius 2 is 1.94 bits per heavy atom. The number of sulfonamides is 1. The van der Waals surface area contributed by atoms with Gasteiger partial charge < -0.3 is 9.52 Å². The molecule has 2 heterocycles. The van der Waals surface area contributed by atoms with Gasteiger partial charge in [-0.15, -0.1) is 0 Å². The van der Waals surface area contributed by atoms with E-state index in [1.807, 2.05) is 0 Å². The van der Waals surface area contributed by atoms with Gasteiger partial charge in [0.15, 0.2) is 0 Å². The van der Waals surface area contributed by atoms with Crippen molar-refractivity contribution in [1.82, 2.24) is 9.97 Å². The van der Waals surface area contributed by atoms with E-state index >= 15 is 0 Å². The summed E-state index contributed by atoms with van der Waals surface area (Å²) in [4.78, 5) is 17.8. The van der Waals surface area contributed by atoms with Gasteiger partial charge in [-0.1, -0.05) is 0 Å². The molecule has 9 heteroatoms. The minimum absolute atomic E-state index is 0.144. The fourth-order valence-electron chi connectivity index (χ4n) is 1.14. The largest absolute Gasteiger partial charge is 0.475 e. The minimum atomic E-state index is -3.99. The number of carbonyl (C=O) groups is 1. The second-order valence-corrected chi connectivity index (χ2v) is 4.77. The zero-order valence-corrected chi connectivity index (χ0v) is 9.59. The van der Waals surface area contributed by atoms with E-state index in [-0.39, 0.29) is 5.69 Å². The molecule has 94 valence electrons. The molecular weight excluding hydrogens is 262 g/mol. The Hall–Kier alpha value is -2.42. The summed E-state index contributed by atoms with van der Waals surface area (Å²) in [6, 6.07) is 2.11. The Balaban J connectivity index is 2.28. The first-order chi connectivity index (χ1) is 8.49. The quantitative estimate of drug-likeness (QED) is 0.831. The van der Waals surface area contributed by atoms with Gasteiger partial charge in [0.1, 0.15) is 6.33 Å². The summed E-state index contributed by atoms with van der Waals surface area (Å²) in [5.74, 6) is -1.81. The van der Waals surface area contributed by atoms with Crippen LogP contribution in [-0.4, -0.2) is 29.5 Å². The summed E-state index contributed by atoms with van der Waals surface area (Å²) in [6.45, 7) is 0. The van der Waals surface area contributed by atoms with E-state index in [9.17, 15) is 13.2 Å². The first-order valence-corrected chi connectivity index (χ1v) is 6.08. The molecule has 2 aromatic heterocycles. The smallest absolute Gasteiger partial charge is 0.371 e. The van der Waals surface area contributed by atoms with E-state index in [1.54, 1.807) is 0 Å². The maximum atomic E-state index is 11.8. The number of rotatable bonds is 4. The third-order valence-corrected chi connectivity index (χ3v) is 3.12. The van der Waals surface area contributed by atoms with E-state index in [0.717, 1.165) is 12.1 Å². The Labute approximate surface area is 101 Å². The van der Waals surface area contributed by atoms with Crippen LogP contribution in [0.4, 0.5) is 5.69 Å². The van der Waals surface area contributed by atoms with Crippen LogP contribution in [0.3, 0.4) is 0 Å². The SMILES string of the molecule is O=C(O)c1ccc(S(=O)(=O)Nc2cncnc2)o1. The van der Waals surface area contributed by atoms with Gasteiger partial charge in [-0.2, -0.15) is 8.42 Å². The van der Waals surface area contributed by atoms with Gasteiger partial charge in [0, 0.05) is 0 Å². The lowest BCUT2D eigenvalue weighted by Crippen LogP contribution is -2.12. The topological polar surface area (TPSA) is 122 Å². The third-order valence-electron chi connectivity index (χ3n) is 1.87. The molecule has 0 amide bonds. The van der Waals surface area contributed by atoms with Crippen molar-refractivity contribution in [3.05, 3.63) is 36.6 Å². The molecule has 0 bridgehead atoms. The number of nitrogens with one attached hydrogen (secondary N) is 1. The number of anilines is 1. The van der Waals surface area contributed by atoms with Crippen molar-refractivity contribution in [2.24, 2.45) is 0 Å². The summed E-state index contributed by atoms with van der Waals surface area (Å²) >= 11 is 0. The molecule has 8 nitrogen and oxygen atoms in total. The average Bonchev–Trinajstić information content (AvgIpc) is 2.79. The molecule has 18 heavy (non-hydrogen) atoms. The van der Waals surface area contributed by atoms with E-state index < -0.39 is 26.8 Å². The fourth-order valence-corrected chi connectivity index (χ4v) is 2.10. The monoisotopic (exact) mass is 269 g/mol. The predicted molar refractivity (Wildman–Crippen MR) is 58.5 cm³/mol. The molecule has 0 saturated heterocycles. The van der Waals surface area contributed by atoms with Crippen LogP contribution in [0.2, 0.25) is 0 Å². The molecule has 0 aliphatic carbocycles. The first-order valence-electron chi connectivity index (χ1n) is 4.60. The highest BCUT2D eigenvalue weighted by Gasteiger charge is 2.21. The zero-order chi connectivity index (χ0) is 13.2. The van der Waals surface area contributed by atoms with E-state index in [2.05, 4.69) is 14.7 Å². The van der Waals surface area contributed by atoms with E-state index in [0.29, 0.717) is 0 Å². The van der Waals surface area contributed by atoms with Crippen LogP contribution in [0.5, 0.6) is 0 Å². The lowest BCUT2D eigenvalue weighted by molar-refractivity contribution is 0.0656. The third kappa shape index (κ3) is 2.46. The summed E-state index contributed by atoms with van der Waals surface area (Å²) in [7, 11) is -3.99. The van der Waals surface area contributed by atoms with Gasteiger partial charge in [-0.25, -0.2) is 14.8 Å². The number of carboxylic acids is 1. The van der Waals surface area contributed by atoms with Gasteiger partial charge in [-0.05, 0) is 12.1 Å². The summed E-state index contributed by atoms with van der Waals surface area (Å²) < 4.78 is 30.4. The Morgan fingerprint density at radius 3 is 2.50 bits per heavy atom. The summed E-state index contributed by atoms with van der Waals surface area (Å²) in [6.07, 6.45) is 3.75. The summed E-state index contributed by atoms with van der Waals surface area (Å²) in [5, 5.41) is 8.13. The molecule has 2 N–H and O–H groups in total. The van der Waals surface area contributed by atoms with E-state index in [4.69, 9.17) is 9.52 Å². The molecule has 2 rings (SSSR count). The molecule has 0 radical (unpaired) electrons. The Morgan fingerprint density at radius 1 is 1.28 bits per heavy atom. The van der Waals surface area contributed by atoms with Crippen molar-refractivity contribution >= 4 is 21.7 Å². The first kappa shape index (κ1) is 12.0. The maximum Gasteiger partial charge on any atom is 0.371 e. The van der Waals surface area contributed by atoms with Gasteiger partial charge >= 0.3 is 5.97 Å². The van der Waals surface area contributed by atoms with Gasteiger partial charge in [0.25, 0.3) is 10.0 Å². The van der Waals surface area contributed by atoms with Gasteiger partial charge in [-0.3, -0.25) is 4.72 Å². The minimum Gasteiger partial charge on any atom is -0.475 e. The van der Waals surface area contributed by atoms with Crippen LogP contribution in [-0.2, 0) is 10.0 Å². The van der Waals surface area contributed by atoms with Crippen molar-refractivity contribution in [3.63, 3.8) is 0 Å². The normalized spacial score (nSPS) is 11.1. The number of furan rings is 1. The van der Waals surface area contributed by atoms with Crippen molar-refractivity contribution < 1.29 is 22.7 Å². The highest BCUT2D eigenvalue weighted by atomic mass is 32.2. The molecule has 2 aromatic rings. The van der Waals surface area contributed by atoms with Crippen LogP contribution in [0, 0.1) is 0 Å². The lowest BCUT2D eigenvalue weighted by atomic mass is 10.5. The molecular formula is C9H7N3O5S. The van der Waals surface area contributed by atoms with Crippen LogP contribution in [0.1, 0.15) is 10.6 Å². The maximum absolute atomic E-state index is 11.8. The molecule has 0 unspecified atom stereocenters. The highest BCUT2D eigenvalue weighted by molar-refractivity contribution is 7.92. The lowest BCUT2D eigenvalue weighted by Gasteiger charge is -2.03. The van der Waals surface area contributed by atoms with Crippen LogP contribution < -0.4 is 4.72 Å². The van der Waals surface area contributed by atoms with E-state index in [1.165, 1.54) is 18.7 Å². The predicted octanol–water partition coefficient (Wildman–Crippen LogP) is 0.569. The zero-order valence-electron chi connectivity index (χ0n) is 8.77. The molecule has 0 aromatic carbocycles. The number of aromatic carboxylic acids is 1. The number of hydrogen-bond donors (Lipinski definition) is 2. The van der Waals surface area contributed by atoms with Crippen LogP contribution in [0.15, 0.2) is 40.4 Å². The Bertz CT molecular complexity index is 665. The molecule has 0 atom stereocenters. The van der Waals surface area contributed by atoms with Crippen molar-refractivity contribution in [1.29, 1.82) is 0 Å². The fraction of sp³-hybridized carbons (Fsp3) is 0. The van der Waals surface area contributed by atoms with Crippen molar-refractivity contribution in [2.75, 3.05) is 4.72 Å². The van der Waals surface area contributed by atoms with Crippen LogP contribution in [0.25, 0.3) is 0 Å². The molecule has 0 saturated carbocycles. The number of hydrogen-bond acceptors (Lipinski definition) is 6. The highest BCUT2D eigenvalue weighted by Crippen LogP contribution is 2.17. The van der Waals surface area contributed by atoms with Gasteiger partial charge in [0.2, 0.25) is 10.9 Å². The number of carboxylic acid groups (broad SMARTS) is 1. The molecule has 0 aliphatic heterocycles. The molecule has 0 spiro atoms. The number of aromatic nitrogens is 2. The molecule has 0 fully saturated rings. The second kappa shape index (κ2) is 4.45. The Kier molecular flexibility index (Phi) is 2.98. The summed E-state index contributed by atoms with van der Waals surface area (Å²) in [5.41, 5.74) is 0.144.